The summed E-state index contributed by atoms with van der Waals surface area (Å²) in [5.74, 6) is -1.85. The number of ether oxygens (including phenoxy) is 2. The first-order valence-electron chi connectivity index (χ1n) is 11.8. The fourth-order valence-corrected chi connectivity index (χ4v) is 3.72. The van der Waals surface area contributed by atoms with Gasteiger partial charge in [0.2, 0.25) is 11.8 Å². The van der Waals surface area contributed by atoms with Gasteiger partial charge in [0.1, 0.15) is 24.2 Å². The zero-order valence-electron chi connectivity index (χ0n) is 22.6. The maximum atomic E-state index is 13.9. The van der Waals surface area contributed by atoms with Crippen molar-refractivity contribution in [2.24, 2.45) is 5.92 Å². The summed E-state index contributed by atoms with van der Waals surface area (Å²) in [6, 6.07) is 3.27. The van der Waals surface area contributed by atoms with Crippen molar-refractivity contribution in [3.05, 3.63) is 34.9 Å². The van der Waals surface area contributed by atoms with Gasteiger partial charge in [0, 0.05) is 6.04 Å². The SMILES string of the molecule is COC(=O)CNC(=O)C(c1cc(C)cc(C)c1)N(C(=O)C(NC(=O)OC(C)(C)C)C(C)C)C(C)C. The van der Waals surface area contributed by atoms with Crippen LogP contribution in [-0.2, 0) is 23.9 Å². The Morgan fingerprint density at radius 1 is 0.971 bits per heavy atom. The molecule has 2 unspecified atom stereocenters. The zero-order valence-corrected chi connectivity index (χ0v) is 22.6. The van der Waals surface area contributed by atoms with Crippen LogP contribution in [0.1, 0.15) is 71.2 Å². The number of hydrogen-bond donors (Lipinski definition) is 2. The first kappa shape index (κ1) is 29.9. The molecule has 2 N–H and O–H groups in total. The van der Waals surface area contributed by atoms with Crippen LogP contribution < -0.4 is 10.6 Å². The summed E-state index contributed by atoms with van der Waals surface area (Å²) in [4.78, 5) is 52.9. The number of hydrogen-bond acceptors (Lipinski definition) is 6. The van der Waals surface area contributed by atoms with Crippen LogP contribution in [0.5, 0.6) is 0 Å². The molecule has 0 radical (unpaired) electrons. The van der Waals surface area contributed by atoms with Gasteiger partial charge in [0.25, 0.3) is 0 Å². The van der Waals surface area contributed by atoms with Crippen LogP contribution in [-0.4, -0.2) is 60.1 Å². The van der Waals surface area contributed by atoms with Gasteiger partial charge in [-0.1, -0.05) is 43.2 Å². The fourth-order valence-electron chi connectivity index (χ4n) is 3.72. The Morgan fingerprint density at radius 2 is 1.51 bits per heavy atom. The molecule has 0 aromatic heterocycles. The minimum absolute atomic E-state index is 0.283. The summed E-state index contributed by atoms with van der Waals surface area (Å²) in [5.41, 5.74) is 1.72. The molecule has 9 nitrogen and oxygen atoms in total. The second-order valence-corrected chi connectivity index (χ2v) is 10.3. The number of benzene rings is 1. The molecule has 2 atom stereocenters. The van der Waals surface area contributed by atoms with E-state index in [1.165, 1.54) is 12.0 Å². The van der Waals surface area contributed by atoms with Gasteiger partial charge in [-0.3, -0.25) is 14.4 Å². The van der Waals surface area contributed by atoms with E-state index in [0.29, 0.717) is 5.56 Å². The standard InChI is InChI=1S/C26H41N3O6/c1-15(2)21(28-25(33)35-26(7,8)9)24(32)29(16(3)4)22(23(31)27-14-20(30)34-10)19-12-17(5)11-18(6)13-19/h11-13,15-16,21-22H,14H2,1-10H3,(H,27,31)(H,28,33). The second kappa shape index (κ2) is 12.6. The number of amides is 3. The zero-order chi connectivity index (χ0) is 27.1. The van der Waals surface area contributed by atoms with Crippen LogP contribution in [0.4, 0.5) is 4.79 Å². The Balaban J connectivity index is 3.49. The van der Waals surface area contributed by atoms with Crippen LogP contribution in [0.2, 0.25) is 0 Å². The molecule has 196 valence electrons. The minimum Gasteiger partial charge on any atom is -0.468 e. The molecule has 1 aromatic carbocycles. The van der Waals surface area contributed by atoms with Gasteiger partial charge < -0.3 is 25.0 Å². The van der Waals surface area contributed by atoms with E-state index in [4.69, 9.17) is 4.74 Å². The van der Waals surface area contributed by atoms with E-state index in [9.17, 15) is 19.2 Å². The Kier molecular flexibility index (Phi) is 10.7. The Bertz CT molecular complexity index is 900. The quantitative estimate of drug-likeness (QED) is 0.512. The molecule has 9 heteroatoms. The lowest BCUT2D eigenvalue weighted by Crippen LogP contribution is -2.56. The van der Waals surface area contributed by atoms with E-state index in [2.05, 4.69) is 15.4 Å². The predicted molar refractivity (Wildman–Crippen MR) is 134 cm³/mol. The second-order valence-electron chi connectivity index (χ2n) is 10.3. The Hall–Kier alpha value is -3.10. The van der Waals surface area contributed by atoms with Gasteiger partial charge in [-0.25, -0.2) is 4.79 Å². The third kappa shape index (κ3) is 9.22. The van der Waals surface area contributed by atoms with Gasteiger partial charge in [-0.15, -0.1) is 0 Å². The molecule has 0 saturated carbocycles. The molecule has 0 saturated heterocycles. The van der Waals surface area contributed by atoms with E-state index >= 15 is 0 Å². The number of nitrogens with zero attached hydrogens (tertiary/aromatic N) is 1. The highest BCUT2D eigenvalue weighted by Gasteiger charge is 2.39. The molecule has 1 rings (SSSR count). The Labute approximate surface area is 208 Å². The van der Waals surface area contributed by atoms with E-state index in [1.807, 2.05) is 45.9 Å². The third-order valence-electron chi connectivity index (χ3n) is 5.14. The number of carbonyl (C=O) groups excluding carboxylic acids is 4. The van der Waals surface area contributed by atoms with Gasteiger partial charge in [-0.05, 0) is 59.9 Å². The molecule has 3 amide bonds. The molecule has 35 heavy (non-hydrogen) atoms. The molecule has 0 fully saturated rings. The molecule has 0 aliphatic heterocycles. The highest BCUT2D eigenvalue weighted by Crippen LogP contribution is 2.27. The van der Waals surface area contributed by atoms with Crippen LogP contribution in [0.15, 0.2) is 18.2 Å². The van der Waals surface area contributed by atoms with Crippen LogP contribution in [0.3, 0.4) is 0 Å². The fraction of sp³-hybridized carbons (Fsp3) is 0.615. The van der Waals surface area contributed by atoms with Crippen molar-refractivity contribution in [2.75, 3.05) is 13.7 Å². The van der Waals surface area contributed by atoms with Crippen molar-refractivity contribution < 1.29 is 28.7 Å². The number of rotatable bonds is 9. The van der Waals surface area contributed by atoms with Gasteiger partial charge in [0.05, 0.1) is 7.11 Å². The predicted octanol–water partition coefficient (Wildman–Crippen LogP) is 3.42. The van der Waals surface area contributed by atoms with Gasteiger partial charge in [0.15, 0.2) is 0 Å². The normalized spacial score (nSPS) is 13.1. The lowest BCUT2D eigenvalue weighted by atomic mass is 9.95. The monoisotopic (exact) mass is 491 g/mol. The molecule has 0 aliphatic carbocycles. The van der Waals surface area contributed by atoms with E-state index in [0.717, 1.165) is 11.1 Å². The third-order valence-corrected chi connectivity index (χ3v) is 5.14. The smallest absolute Gasteiger partial charge is 0.408 e. The number of carbonyl (C=O) groups is 4. The number of esters is 1. The van der Waals surface area contributed by atoms with Crippen molar-refractivity contribution in [1.82, 2.24) is 15.5 Å². The Morgan fingerprint density at radius 3 is 1.94 bits per heavy atom. The molecule has 0 spiro atoms. The van der Waals surface area contributed by atoms with Crippen LogP contribution in [0, 0.1) is 19.8 Å². The number of alkyl carbamates (subject to hydrolysis) is 1. The summed E-state index contributed by atoms with van der Waals surface area (Å²) < 4.78 is 10.00. The topological polar surface area (TPSA) is 114 Å². The number of aryl methyl sites for hydroxylation is 2. The highest BCUT2D eigenvalue weighted by molar-refractivity contribution is 5.93. The van der Waals surface area contributed by atoms with E-state index in [-0.39, 0.29) is 12.5 Å². The van der Waals surface area contributed by atoms with E-state index in [1.54, 1.807) is 34.6 Å². The van der Waals surface area contributed by atoms with Crippen molar-refractivity contribution in [2.45, 2.75) is 86.0 Å². The lowest BCUT2D eigenvalue weighted by molar-refractivity contribution is -0.146. The molecule has 1 aromatic rings. The molecule has 0 heterocycles. The maximum Gasteiger partial charge on any atom is 0.408 e. The minimum atomic E-state index is -1.03. The average molecular weight is 492 g/mol. The van der Waals surface area contributed by atoms with Crippen molar-refractivity contribution >= 4 is 23.9 Å². The summed E-state index contributed by atoms with van der Waals surface area (Å²) in [5, 5.41) is 5.26. The summed E-state index contributed by atoms with van der Waals surface area (Å²) >= 11 is 0. The van der Waals surface area contributed by atoms with Crippen LogP contribution >= 0.6 is 0 Å². The van der Waals surface area contributed by atoms with E-state index < -0.39 is 47.6 Å². The summed E-state index contributed by atoms with van der Waals surface area (Å²) in [6.07, 6.45) is -0.716. The lowest BCUT2D eigenvalue weighted by Gasteiger charge is -2.38. The van der Waals surface area contributed by atoms with Gasteiger partial charge >= 0.3 is 12.1 Å². The molecular formula is C26H41N3O6. The summed E-state index contributed by atoms with van der Waals surface area (Å²) in [7, 11) is 1.23. The average Bonchev–Trinajstić information content (AvgIpc) is 2.70. The maximum absolute atomic E-state index is 13.9. The number of methoxy groups -OCH3 is 1. The van der Waals surface area contributed by atoms with Crippen LogP contribution in [0.25, 0.3) is 0 Å². The number of nitrogens with one attached hydrogen (secondary N) is 2. The molecule has 0 aliphatic rings. The van der Waals surface area contributed by atoms with Gasteiger partial charge in [-0.2, -0.15) is 0 Å². The van der Waals surface area contributed by atoms with Crippen molar-refractivity contribution in [3.8, 4) is 0 Å². The highest BCUT2D eigenvalue weighted by atomic mass is 16.6. The first-order chi connectivity index (χ1) is 16.1. The molecular weight excluding hydrogens is 450 g/mol. The van der Waals surface area contributed by atoms with Crippen molar-refractivity contribution in [3.63, 3.8) is 0 Å². The van der Waals surface area contributed by atoms with Crippen molar-refractivity contribution in [1.29, 1.82) is 0 Å². The first-order valence-corrected chi connectivity index (χ1v) is 11.8. The summed E-state index contributed by atoms with van der Waals surface area (Å²) in [6.45, 7) is 15.9. The largest absolute Gasteiger partial charge is 0.468 e. The molecule has 0 bridgehead atoms.